The number of carbonyl (C=O) groups excluding carboxylic acids is 1. The highest BCUT2D eigenvalue weighted by molar-refractivity contribution is 6.10. The molecular formula is C21H16N2O5. The fraction of sp³-hybridized carbons (Fsp3) is 0. The maximum atomic E-state index is 12.7. The lowest BCUT2D eigenvalue weighted by atomic mass is 10.0. The van der Waals surface area contributed by atoms with E-state index in [2.05, 4.69) is 5.32 Å². The summed E-state index contributed by atoms with van der Waals surface area (Å²) < 4.78 is 0. The average Bonchev–Trinajstić information content (AvgIpc) is 2.68. The van der Waals surface area contributed by atoms with Crippen molar-refractivity contribution in [3.05, 3.63) is 83.4 Å². The number of nitrogens with two attached hydrogens (primary N) is 1. The van der Waals surface area contributed by atoms with Crippen LogP contribution in [0.2, 0.25) is 0 Å². The largest absolute Gasteiger partial charge is 0.478 e. The van der Waals surface area contributed by atoms with Crippen molar-refractivity contribution < 1.29 is 24.6 Å². The van der Waals surface area contributed by atoms with Crippen molar-refractivity contribution in [2.45, 2.75) is 0 Å². The smallest absolute Gasteiger partial charge is 0.335 e. The number of hydrogen-bond donors (Lipinski definition) is 4. The number of benzene rings is 3. The van der Waals surface area contributed by atoms with Crippen LogP contribution >= 0.6 is 0 Å². The first kappa shape index (κ1) is 18.7. The van der Waals surface area contributed by atoms with Crippen LogP contribution in [0, 0.1) is 0 Å². The van der Waals surface area contributed by atoms with E-state index >= 15 is 0 Å². The zero-order valence-corrected chi connectivity index (χ0v) is 14.5. The maximum absolute atomic E-state index is 12.7. The van der Waals surface area contributed by atoms with Gasteiger partial charge in [0.2, 0.25) is 0 Å². The first-order valence-electron chi connectivity index (χ1n) is 8.24. The SMILES string of the molecule is Nc1cc(C(=O)O)ccc1C(=O)Nc1cc(C(=O)O)ccc1-c1ccccc1. The molecule has 3 rings (SSSR count). The number of hydrogen-bond acceptors (Lipinski definition) is 4. The molecule has 140 valence electrons. The van der Waals surface area contributed by atoms with E-state index in [-0.39, 0.29) is 22.4 Å². The van der Waals surface area contributed by atoms with Gasteiger partial charge in [-0.2, -0.15) is 0 Å². The summed E-state index contributed by atoms with van der Waals surface area (Å²) in [5, 5.41) is 20.9. The molecule has 0 unspecified atom stereocenters. The number of carboxylic acid groups (broad SMARTS) is 2. The third kappa shape index (κ3) is 3.83. The molecule has 0 fully saturated rings. The van der Waals surface area contributed by atoms with Crippen molar-refractivity contribution in [3.63, 3.8) is 0 Å². The molecular weight excluding hydrogens is 360 g/mol. The van der Waals surface area contributed by atoms with Crippen LogP contribution in [0.4, 0.5) is 11.4 Å². The Hall–Kier alpha value is -4.13. The van der Waals surface area contributed by atoms with Crippen LogP contribution in [-0.4, -0.2) is 28.1 Å². The van der Waals surface area contributed by atoms with Gasteiger partial charge in [0.05, 0.1) is 16.7 Å². The van der Waals surface area contributed by atoms with Gasteiger partial charge in [-0.05, 0) is 35.9 Å². The Labute approximate surface area is 160 Å². The summed E-state index contributed by atoms with van der Waals surface area (Å²) in [6.07, 6.45) is 0. The fourth-order valence-corrected chi connectivity index (χ4v) is 2.74. The topological polar surface area (TPSA) is 130 Å². The van der Waals surface area contributed by atoms with Crippen LogP contribution < -0.4 is 11.1 Å². The highest BCUT2D eigenvalue weighted by Gasteiger charge is 2.16. The first-order chi connectivity index (χ1) is 13.4. The van der Waals surface area contributed by atoms with Crippen LogP contribution in [0.25, 0.3) is 11.1 Å². The van der Waals surface area contributed by atoms with Crippen molar-refractivity contribution in [2.75, 3.05) is 11.1 Å². The molecule has 3 aromatic rings. The summed E-state index contributed by atoms with van der Waals surface area (Å²) in [7, 11) is 0. The zero-order valence-electron chi connectivity index (χ0n) is 14.5. The van der Waals surface area contributed by atoms with E-state index in [0.29, 0.717) is 11.3 Å². The Morgan fingerprint density at radius 1 is 0.786 bits per heavy atom. The predicted molar refractivity (Wildman–Crippen MR) is 105 cm³/mol. The third-order valence-electron chi connectivity index (χ3n) is 4.14. The molecule has 0 spiro atoms. The van der Waals surface area contributed by atoms with Crippen molar-refractivity contribution in [1.82, 2.24) is 0 Å². The second kappa shape index (κ2) is 7.63. The summed E-state index contributed by atoms with van der Waals surface area (Å²) in [5.74, 6) is -2.85. The van der Waals surface area contributed by atoms with E-state index in [1.165, 1.54) is 30.3 Å². The van der Waals surface area contributed by atoms with Gasteiger partial charge in [0.15, 0.2) is 0 Å². The molecule has 0 aromatic heterocycles. The van der Waals surface area contributed by atoms with Crippen LogP contribution in [0.3, 0.4) is 0 Å². The van der Waals surface area contributed by atoms with Gasteiger partial charge >= 0.3 is 11.9 Å². The van der Waals surface area contributed by atoms with Crippen LogP contribution in [0.1, 0.15) is 31.1 Å². The minimum Gasteiger partial charge on any atom is -0.478 e. The Morgan fingerprint density at radius 3 is 2.00 bits per heavy atom. The minimum absolute atomic E-state index is 0.00745. The van der Waals surface area contributed by atoms with E-state index in [9.17, 15) is 19.5 Å². The van der Waals surface area contributed by atoms with Gasteiger partial charge in [-0.1, -0.05) is 36.4 Å². The molecule has 0 aliphatic carbocycles. The molecule has 0 saturated carbocycles. The molecule has 0 radical (unpaired) electrons. The fourth-order valence-electron chi connectivity index (χ4n) is 2.74. The highest BCUT2D eigenvalue weighted by atomic mass is 16.4. The van der Waals surface area contributed by atoms with Gasteiger partial charge in [-0.3, -0.25) is 4.79 Å². The molecule has 28 heavy (non-hydrogen) atoms. The Balaban J connectivity index is 2.01. The Kier molecular flexibility index (Phi) is 5.08. The summed E-state index contributed by atoms with van der Waals surface area (Å²) in [5.41, 5.74) is 7.64. The lowest BCUT2D eigenvalue weighted by Gasteiger charge is -2.14. The average molecular weight is 376 g/mol. The molecule has 0 bridgehead atoms. The number of nitrogen functional groups attached to an aromatic ring is 1. The van der Waals surface area contributed by atoms with E-state index in [0.717, 1.165) is 5.56 Å². The maximum Gasteiger partial charge on any atom is 0.335 e. The third-order valence-corrected chi connectivity index (χ3v) is 4.14. The number of carboxylic acids is 2. The Bertz CT molecular complexity index is 1080. The second-order valence-corrected chi connectivity index (χ2v) is 5.99. The molecule has 0 heterocycles. The molecule has 1 amide bonds. The van der Waals surface area contributed by atoms with Gasteiger partial charge in [0, 0.05) is 16.9 Å². The van der Waals surface area contributed by atoms with Gasteiger partial charge < -0.3 is 21.3 Å². The monoisotopic (exact) mass is 376 g/mol. The quantitative estimate of drug-likeness (QED) is 0.504. The van der Waals surface area contributed by atoms with Gasteiger partial charge in [0.25, 0.3) is 5.91 Å². The standard InChI is InChI=1S/C21H16N2O5/c22-17-10-13(20(25)26)7-9-16(17)19(24)23-18-11-14(21(27)28)6-8-15(18)12-4-2-1-3-5-12/h1-11H,22H2,(H,23,24)(H,25,26)(H,27,28). The number of aromatic carboxylic acids is 2. The van der Waals surface area contributed by atoms with Crippen LogP contribution in [-0.2, 0) is 0 Å². The first-order valence-corrected chi connectivity index (χ1v) is 8.24. The van der Waals surface area contributed by atoms with E-state index in [1.54, 1.807) is 6.07 Å². The van der Waals surface area contributed by atoms with Gasteiger partial charge in [0.1, 0.15) is 0 Å². The van der Waals surface area contributed by atoms with Crippen molar-refractivity contribution in [3.8, 4) is 11.1 Å². The number of rotatable bonds is 5. The molecule has 0 atom stereocenters. The minimum atomic E-state index is -1.15. The van der Waals surface area contributed by atoms with Crippen molar-refractivity contribution in [1.29, 1.82) is 0 Å². The number of nitrogens with one attached hydrogen (secondary N) is 1. The number of amides is 1. The zero-order chi connectivity index (χ0) is 20.3. The molecule has 3 aromatic carbocycles. The summed E-state index contributed by atoms with van der Waals surface area (Å²) in [6.45, 7) is 0. The molecule has 0 aliphatic heterocycles. The van der Waals surface area contributed by atoms with E-state index in [4.69, 9.17) is 10.8 Å². The van der Waals surface area contributed by atoms with Gasteiger partial charge in [-0.15, -0.1) is 0 Å². The molecule has 7 nitrogen and oxygen atoms in total. The van der Waals surface area contributed by atoms with E-state index < -0.39 is 17.8 Å². The second-order valence-electron chi connectivity index (χ2n) is 5.99. The molecule has 0 saturated heterocycles. The molecule has 0 aliphatic rings. The lowest BCUT2D eigenvalue weighted by Crippen LogP contribution is -2.16. The Morgan fingerprint density at radius 2 is 1.39 bits per heavy atom. The number of carbonyl (C=O) groups is 3. The predicted octanol–water partition coefficient (Wildman–Crippen LogP) is 3.58. The van der Waals surface area contributed by atoms with E-state index in [1.807, 2.05) is 30.3 Å². The number of anilines is 2. The van der Waals surface area contributed by atoms with Crippen molar-refractivity contribution in [2.24, 2.45) is 0 Å². The van der Waals surface area contributed by atoms with Crippen LogP contribution in [0.15, 0.2) is 66.7 Å². The normalized spacial score (nSPS) is 10.3. The summed E-state index contributed by atoms with van der Waals surface area (Å²) >= 11 is 0. The summed E-state index contributed by atoms with van der Waals surface area (Å²) in [6, 6.07) is 17.4. The molecule has 5 N–H and O–H groups in total. The van der Waals surface area contributed by atoms with Crippen molar-refractivity contribution >= 4 is 29.2 Å². The summed E-state index contributed by atoms with van der Waals surface area (Å²) in [4.78, 5) is 35.0. The van der Waals surface area contributed by atoms with Gasteiger partial charge in [-0.25, -0.2) is 9.59 Å². The highest BCUT2D eigenvalue weighted by Crippen LogP contribution is 2.30. The van der Waals surface area contributed by atoms with Crippen LogP contribution in [0.5, 0.6) is 0 Å². The lowest BCUT2D eigenvalue weighted by molar-refractivity contribution is 0.0686. The molecule has 7 heteroatoms.